The van der Waals surface area contributed by atoms with E-state index < -0.39 is 0 Å². The molecule has 0 bridgehead atoms. The SMILES string of the molecule is CC1CCC(NCc2cc(Br)cc([N+](=O)[O-])c2)C1C. The highest BCUT2D eigenvalue weighted by Crippen LogP contribution is 2.31. The van der Waals surface area contributed by atoms with E-state index in [0.717, 1.165) is 16.0 Å². The molecule has 0 aliphatic heterocycles. The molecule has 19 heavy (non-hydrogen) atoms. The van der Waals surface area contributed by atoms with Crippen molar-refractivity contribution in [3.8, 4) is 0 Å². The fourth-order valence-electron chi connectivity index (χ4n) is 2.74. The summed E-state index contributed by atoms with van der Waals surface area (Å²) in [5.41, 5.74) is 1.09. The van der Waals surface area contributed by atoms with Crippen LogP contribution in [0.5, 0.6) is 0 Å². The third-order valence-corrected chi connectivity index (χ3v) is 4.64. The van der Waals surface area contributed by atoms with Crippen LogP contribution in [0.25, 0.3) is 0 Å². The number of hydrogen-bond donors (Lipinski definition) is 1. The molecule has 3 unspecified atom stereocenters. The second-order valence-corrected chi connectivity index (χ2v) is 6.39. The van der Waals surface area contributed by atoms with E-state index in [0.29, 0.717) is 18.5 Å². The van der Waals surface area contributed by atoms with Gasteiger partial charge in [-0.15, -0.1) is 0 Å². The maximum Gasteiger partial charge on any atom is 0.270 e. The Morgan fingerprint density at radius 3 is 2.68 bits per heavy atom. The molecule has 1 fully saturated rings. The molecule has 1 aliphatic carbocycles. The highest BCUT2D eigenvalue weighted by Gasteiger charge is 2.29. The standard InChI is InChI=1S/C14H19BrN2O2/c1-9-3-4-14(10(9)2)16-8-11-5-12(15)7-13(6-11)17(18)19/h5-7,9-10,14,16H,3-4,8H2,1-2H3. The minimum atomic E-state index is -0.353. The summed E-state index contributed by atoms with van der Waals surface area (Å²) in [5.74, 6) is 1.43. The number of rotatable bonds is 4. The zero-order valence-corrected chi connectivity index (χ0v) is 12.8. The third kappa shape index (κ3) is 3.54. The lowest BCUT2D eigenvalue weighted by molar-refractivity contribution is -0.385. The van der Waals surface area contributed by atoms with Crippen molar-refractivity contribution in [2.24, 2.45) is 11.8 Å². The van der Waals surface area contributed by atoms with Gasteiger partial charge in [-0.25, -0.2) is 0 Å². The molecule has 1 saturated carbocycles. The van der Waals surface area contributed by atoms with E-state index in [1.165, 1.54) is 18.9 Å². The fraction of sp³-hybridized carbons (Fsp3) is 0.571. The topological polar surface area (TPSA) is 55.2 Å². The third-order valence-electron chi connectivity index (χ3n) is 4.19. The average molecular weight is 327 g/mol. The summed E-state index contributed by atoms with van der Waals surface area (Å²) >= 11 is 3.32. The van der Waals surface area contributed by atoms with E-state index in [1.807, 2.05) is 6.07 Å². The van der Waals surface area contributed by atoms with Gasteiger partial charge in [0.05, 0.1) is 4.92 Å². The van der Waals surface area contributed by atoms with Gasteiger partial charge in [0.25, 0.3) is 5.69 Å². The van der Waals surface area contributed by atoms with Gasteiger partial charge in [0.1, 0.15) is 0 Å². The van der Waals surface area contributed by atoms with Gasteiger partial charge >= 0.3 is 0 Å². The molecule has 0 heterocycles. The average Bonchev–Trinajstić information content (AvgIpc) is 2.67. The first kappa shape index (κ1) is 14.5. The van der Waals surface area contributed by atoms with E-state index >= 15 is 0 Å². The predicted octanol–water partition coefficient (Wildman–Crippen LogP) is 3.88. The van der Waals surface area contributed by atoms with E-state index in [2.05, 4.69) is 35.1 Å². The quantitative estimate of drug-likeness (QED) is 0.674. The maximum absolute atomic E-state index is 10.8. The number of nitrogens with one attached hydrogen (secondary N) is 1. The number of nitro benzene ring substituents is 1. The molecule has 0 saturated heterocycles. The molecule has 4 nitrogen and oxygen atoms in total. The summed E-state index contributed by atoms with van der Waals surface area (Å²) in [7, 11) is 0. The van der Waals surface area contributed by atoms with Crippen LogP contribution in [-0.2, 0) is 6.54 Å². The van der Waals surface area contributed by atoms with Gasteiger partial charge in [-0.05, 0) is 36.3 Å². The van der Waals surface area contributed by atoms with Crippen LogP contribution in [0.3, 0.4) is 0 Å². The summed E-state index contributed by atoms with van der Waals surface area (Å²) in [5, 5.41) is 14.4. The number of nitro groups is 1. The van der Waals surface area contributed by atoms with Crippen molar-refractivity contribution in [3.05, 3.63) is 38.3 Å². The molecule has 1 aromatic rings. The van der Waals surface area contributed by atoms with Crippen LogP contribution in [-0.4, -0.2) is 11.0 Å². The molecule has 104 valence electrons. The minimum absolute atomic E-state index is 0.138. The first-order chi connectivity index (χ1) is 8.97. The Hall–Kier alpha value is -0.940. The summed E-state index contributed by atoms with van der Waals surface area (Å²) in [6, 6.07) is 5.63. The molecule has 2 rings (SSSR count). The van der Waals surface area contributed by atoms with Gasteiger partial charge in [0.2, 0.25) is 0 Å². The van der Waals surface area contributed by atoms with Gasteiger partial charge in [0.15, 0.2) is 0 Å². The Morgan fingerprint density at radius 1 is 1.37 bits per heavy atom. The molecule has 0 amide bonds. The van der Waals surface area contributed by atoms with Gasteiger partial charge in [-0.1, -0.05) is 29.8 Å². The Bertz CT molecular complexity index is 479. The number of hydrogen-bond acceptors (Lipinski definition) is 3. The Balaban J connectivity index is 2.01. The lowest BCUT2D eigenvalue weighted by atomic mass is 9.97. The molecular weight excluding hydrogens is 308 g/mol. The van der Waals surface area contributed by atoms with Crippen molar-refractivity contribution in [2.45, 2.75) is 39.3 Å². The van der Waals surface area contributed by atoms with Crippen molar-refractivity contribution in [2.75, 3.05) is 0 Å². The second-order valence-electron chi connectivity index (χ2n) is 5.48. The van der Waals surface area contributed by atoms with Crippen LogP contribution < -0.4 is 5.32 Å². The smallest absolute Gasteiger partial charge is 0.270 e. The van der Waals surface area contributed by atoms with Crippen molar-refractivity contribution in [3.63, 3.8) is 0 Å². The highest BCUT2D eigenvalue weighted by molar-refractivity contribution is 9.10. The van der Waals surface area contributed by atoms with E-state index in [9.17, 15) is 10.1 Å². The van der Waals surface area contributed by atoms with Crippen LogP contribution in [0.1, 0.15) is 32.3 Å². The van der Waals surface area contributed by atoms with E-state index in [-0.39, 0.29) is 10.6 Å². The first-order valence-electron chi connectivity index (χ1n) is 6.64. The zero-order chi connectivity index (χ0) is 14.0. The maximum atomic E-state index is 10.8. The molecule has 5 heteroatoms. The van der Waals surface area contributed by atoms with Crippen LogP contribution in [0, 0.1) is 22.0 Å². The Morgan fingerprint density at radius 2 is 2.11 bits per heavy atom. The number of halogens is 1. The lowest BCUT2D eigenvalue weighted by Crippen LogP contribution is -2.31. The molecule has 3 atom stereocenters. The lowest BCUT2D eigenvalue weighted by Gasteiger charge is -2.19. The molecule has 0 aromatic heterocycles. The second kappa shape index (κ2) is 6.01. The Kier molecular flexibility index (Phi) is 4.58. The van der Waals surface area contributed by atoms with Crippen LogP contribution in [0.2, 0.25) is 0 Å². The number of benzene rings is 1. The summed E-state index contributed by atoms with van der Waals surface area (Å²) in [6.45, 7) is 5.25. The number of nitrogens with zero attached hydrogens (tertiary/aromatic N) is 1. The van der Waals surface area contributed by atoms with Gasteiger partial charge in [-0.3, -0.25) is 10.1 Å². The molecule has 0 radical (unpaired) electrons. The molecule has 1 N–H and O–H groups in total. The minimum Gasteiger partial charge on any atom is -0.310 e. The normalized spacial score (nSPS) is 26.6. The molecular formula is C14H19BrN2O2. The van der Waals surface area contributed by atoms with Gasteiger partial charge in [0, 0.05) is 29.2 Å². The highest BCUT2D eigenvalue weighted by atomic mass is 79.9. The van der Waals surface area contributed by atoms with Crippen molar-refractivity contribution < 1.29 is 4.92 Å². The number of non-ortho nitro benzene ring substituents is 1. The van der Waals surface area contributed by atoms with Crippen molar-refractivity contribution in [1.82, 2.24) is 5.32 Å². The summed E-state index contributed by atoms with van der Waals surface area (Å²) < 4.78 is 0.756. The largest absolute Gasteiger partial charge is 0.310 e. The van der Waals surface area contributed by atoms with Crippen LogP contribution >= 0.6 is 15.9 Å². The first-order valence-corrected chi connectivity index (χ1v) is 7.44. The summed E-state index contributed by atoms with van der Waals surface area (Å²) in [4.78, 5) is 10.5. The van der Waals surface area contributed by atoms with Gasteiger partial charge in [-0.2, -0.15) is 0 Å². The van der Waals surface area contributed by atoms with Gasteiger partial charge < -0.3 is 5.32 Å². The monoisotopic (exact) mass is 326 g/mol. The fourth-order valence-corrected chi connectivity index (χ4v) is 3.27. The zero-order valence-electron chi connectivity index (χ0n) is 11.2. The van der Waals surface area contributed by atoms with Crippen LogP contribution in [0.4, 0.5) is 5.69 Å². The van der Waals surface area contributed by atoms with Crippen molar-refractivity contribution in [1.29, 1.82) is 0 Å². The summed E-state index contributed by atoms with van der Waals surface area (Å²) in [6.07, 6.45) is 2.45. The Labute approximate surface area is 121 Å². The van der Waals surface area contributed by atoms with Crippen molar-refractivity contribution >= 4 is 21.6 Å². The predicted molar refractivity (Wildman–Crippen MR) is 79.0 cm³/mol. The molecule has 0 spiro atoms. The molecule has 1 aliphatic rings. The van der Waals surface area contributed by atoms with E-state index in [4.69, 9.17) is 0 Å². The van der Waals surface area contributed by atoms with Crippen LogP contribution in [0.15, 0.2) is 22.7 Å². The van der Waals surface area contributed by atoms with E-state index in [1.54, 1.807) is 6.07 Å². The molecule has 1 aromatic carbocycles.